The van der Waals surface area contributed by atoms with E-state index in [0.717, 1.165) is 48.0 Å². The van der Waals surface area contributed by atoms with Crippen LogP contribution in [-0.2, 0) is 10.5 Å². The Morgan fingerprint density at radius 3 is 2.50 bits per heavy atom. The molecule has 1 fully saturated rings. The molecule has 0 unspecified atom stereocenters. The van der Waals surface area contributed by atoms with Crippen LogP contribution in [0.1, 0.15) is 43.4 Å². The molecule has 1 aliphatic rings. The molecule has 0 saturated carbocycles. The highest BCUT2D eigenvalue weighted by Crippen LogP contribution is 2.28. The molecule has 0 radical (unpaired) electrons. The molecule has 10 heteroatoms. The fourth-order valence-corrected chi connectivity index (χ4v) is 5.76. The highest BCUT2D eigenvalue weighted by Gasteiger charge is 2.24. The van der Waals surface area contributed by atoms with Gasteiger partial charge >= 0.3 is 0 Å². The number of benzene rings is 1. The lowest BCUT2D eigenvalue weighted by Gasteiger charge is -2.33. The van der Waals surface area contributed by atoms with Gasteiger partial charge in [0, 0.05) is 29.7 Å². The Balaban J connectivity index is 1.55. The maximum absolute atomic E-state index is 12.9. The van der Waals surface area contributed by atoms with Crippen molar-refractivity contribution in [2.24, 2.45) is 0 Å². The van der Waals surface area contributed by atoms with E-state index in [1.54, 1.807) is 7.11 Å². The number of ether oxygens (including phenoxy) is 1. The van der Waals surface area contributed by atoms with Gasteiger partial charge in [0.15, 0.2) is 10.3 Å². The molecule has 3 aromatic rings. The minimum Gasteiger partial charge on any atom is -0.497 e. The third-order valence-corrected chi connectivity index (χ3v) is 7.53. The van der Waals surface area contributed by atoms with Gasteiger partial charge in [-0.2, -0.15) is 0 Å². The number of hydrogen-bond donors (Lipinski definition) is 0. The first kappa shape index (κ1) is 24.5. The number of methoxy groups -OCH3 is 1. The quantitative estimate of drug-likeness (QED) is 0.332. The molecule has 1 amide bonds. The minimum absolute atomic E-state index is 0.154. The summed E-state index contributed by atoms with van der Waals surface area (Å²) in [4.78, 5) is 23.9. The topological polar surface area (TPSA) is 86.0 Å². The Hall–Kier alpha value is -2.59. The molecule has 8 nitrogen and oxygen atoms in total. The smallest absolute Gasteiger partial charge is 0.233 e. The number of likely N-dealkylation sites (tertiary alicyclic amines) is 1. The van der Waals surface area contributed by atoms with Crippen LogP contribution < -0.4 is 4.74 Å². The molecule has 3 heterocycles. The summed E-state index contributed by atoms with van der Waals surface area (Å²) in [5.41, 5.74) is 2.80. The third-order valence-electron chi connectivity index (χ3n) is 5.77. The van der Waals surface area contributed by atoms with Crippen LogP contribution in [-0.4, -0.2) is 61.0 Å². The van der Waals surface area contributed by atoms with Crippen LogP contribution >= 0.6 is 23.5 Å². The molecular formula is C24H30N6O2S2. The second-order valence-corrected chi connectivity index (χ2v) is 10.3. The molecule has 0 bridgehead atoms. The molecule has 0 aliphatic carbocycles. The summed E-state index contributed by atoms with van der Waals surface area (Å²) in [6, 6.07) is 10.0. The number of aromatic nitrogens is 5. The van der Waals surface area contributed by atoms with Gasteiger partial charge in [-0.25, -0.2) is 9.97 Å². The molecule has 4 rings (SSSR count). The number of carbonyl (C=O) groups is 1. The lowest BCUT2D eigenvalue weighted by molar-refractivity contribution is -0.131. The van der Waals surface area contributed by atoms with Crippen molar-refractivity contribution < 1.29 is 9.53 Å². The first-order chi connectivity index (χ1) is 16.4. The third kappa shape index (κ3) is 5.90. The van der Waals surface area contributed by atoms with Crippen LogP contribution in [0.4, 0.5) is 0 Å². The van der Waals surface area contributed by atoms with Gasteiger partial charge in [-0.1, -0.05) is 23.5 Å². The van der Waals surface area contributed by atoms with E-state index in [2.05, 4.69) is 27.1 Å². The highest BCUT2D eigenvalue weighted by molar-refractivity contribution is 7.99. The lowest BCUT2D eigenvalue weighted by atomic mass is 10.0. The Labute approximate surface area is 208 Å². The number of piperidine rings is 1. The van der Waals surface area contributed by atoms with Gasteiger partial charge in [0.1, 0.15) is 11.6 Å². The minimum atomic E-state index is 0.154. The second-order valence-electron chi connectivity index (χ2n) is 8.37. The van der Waals surface area contributed by atoms with Crippen LogP contribution in [0.2, 0.25) is 0 Å². The predicted molar refractivity (Wildman–Crippen MR) is 135 cm³/mol. The molecule has 1 aromatic carbocycles. The lowest BCUT2D eigenvalue weighted by Crippen LogP contribution is -2.42. The SMILES string of the molecule is COc1ccc(-n2c(CSc3nc(C)cc(C)n3)nnc2SCC(=O)N2CCCC[C@H]2C)cc1. The van der Waals surface area contributed by atoms with Gasteiger partial charge in [-0.15, -0.1) is 10.2 Å². The Kier molecular flexibility index (Phi) is 8.10. The van der Waals surface area contributed by atoms with E-state index in [4.69, 9.17) is 4.74 Å². The van der Waals surface area contributed by atoms with Crippen LogP contribution in [0.3, 0.4) is 0 Å². The van der Waals surface area contributed by atoms with Crippen molar-refractivity contribution in [1.82, 2.24) is 29.6 Å². The molecule has 1 aliphatic heterocycles. The van der Waals surface area contributed by atoms with Gasteiger partial charge in [-0.05, 0) is 70.4 Å². The average Bonchev–Trinajstić information content (AvgIpc) is 3.23. The average molecular weight is 499 g/mol. The van der Waals surface area contributed by atoms with E-state index < -0.39 is 0 Å². The molecule has 2 aromatic heterocycles. The monoisotopic (exact) mass is 498 g/mol. The van der Waals surface area contributed by atoms with Crippen molar-refractivity contribution >= 4 is 29.4 Å². The van der Waals surface area contributed by atoms with Crippen molar-refractivity contribution in [3.05, 3.63) is 47.5 Å². The zero-order chi connectivity index (χ0) is 24.1. The highest BCUT2D eigenvalue weighted by atomic mass is 32.2. The Morgan fingerprint density at radius 1 is 1.09 bits per heavy atom. The van der Waals surface area contributed by atoms with E-state index in [0.29, 0.717) is 27.9 Å². The fourth-order valence-electron chi connectivity index (χ4n) is 4.04. The molecule has 180 valence electrons. The molecule has 0 spiro atoms. The summed E-state index contributed by atoms with van der Waals surface area (Å²) in [7, 11) is 1.65. The second kappa shape index (κ2) is 11.2. The number of hydrogen-bond acceptors (Lipinski definition) is 8. The summed E-state index contributed by atoms with van der Waals surface area (Å²) < 4.78 is 7.32. The largest absolute Gasteiger partial charge is 0.497 e. The number of thioether (sulfide) groups is 2. The predicted octanol–water partition coefficient (Wildman–Crippen LogP) is 4.47. The number of amides is 1. The Morgan fingerprint density at radius 2 is 1.82 bits per heavy atom. The van der Waals surface area contributed by atoms with Crippen molar-refractivity contribution in [2.75, 3.05) is 19.4 Å². The van der Waals surface area contributed by atoms with Crippen LogP contribution in [0.15, 0.2) is 40.6 Å². The van der Waals surface area contributed by atoms with Crippen molar-refractivity contribution in [1.29, 1.82) is 0 Å². The van der Waals surface area contributed by atoms with Gasteiger partial charge < -0.3 is 9.64 Å². The van der Waals surface area contributed by atoms with E-state index in [1.165, 1.54) is 29.9 Å². The fraction of sp³-hybridized carbons (Fsp3) is 0.458. The van der Waals surface area contributed by atoms with Crippen LogP contribution in [0.5, 0.6) is 5.75 Å². The van der Waals surface area contributed by atoms with E-state index in [9.17, 15) is 4.79 Å². The number of nitrogens with zero attached hydrogens (tertiary/aromatic N) is 6. The molecule has 34 heavy (non-hydrogen) atoms. The Bertz CT molecular complexity index is 1110. The van der Waals surface area contributed by atoms with E-state index in [-0.39, 0.29) is 5.91 Å². The summed E-state index contributed by atoms with van der Waals surface area (Å²) in [6.07, 6.45) is 3.33. The van der Waals surface area contributed by atoms with Gasteiger partial charge in [-0.3, -0.25) is 9.36 Å². The van der Waals surface area contributed by atoms with Crippen molar-refractivity contribution in [3.8, 4) is 11.4 Å². The molecule has 1 atom stereocenters. The van der Waals surface area contributed by atoms with Crippen molar-refractivity contribution in [2.45, 2.75) is 62.1 Å². The number of aryl methyl sites for hydroxylation is 2. The van der Waals surface area contributed by atoms with E-state index >= 15 is 0 Å². The summed E-state index contributed by atoms with van der Waals surface area (Å²) in [6.45, 7) is 6.90. The first-order valence-electron chi connectivity index (χ1n) is 11.4. The van der Waals surface area contributed by atoms with Gasteiger partial charge in [0.25, 0.3) is 0 Å². The first-order valence-corrected chi connectivity index (χ1v) is 13.4. The summed E-state index contributed by atoms with van der Waals surface area (Å²) in [5, 5.41) is 10.3. The summed E-state index contributed by atoms with van der Waals surface area (Å²) >= 11 is 2.95. The zero-order valence-corrected chi connectivity index (χ0v) is 21.7. The number of carbonyl (C=O) groups excluding carboxylic acids is 1. The van der Waals surface area contributed by atoms with Crippen LogP contribution in [0.25, 0.3) is 5.69 Å². The molecule has 0 N–H and O–H groups in total. The normalized spacial score (nSPS) is 16.0. The zero-order valence-electron chi connectivity index (χ0n) is 20.0. The number of rotatable bonds is 8. The van der Waals surface area contributed by atoms with Crippen molar-refractivity contribution in [3.63, 3.8) is 0 Å². The van der Waals surface area contributed by atoms with E-state index in [1.807, 2.05) is 53.6 Å². The standard InChI is InChI=1S/C24H30N6O2S2/c1-16-13-17(2)26-23(25-16)33-14-21-27-28-24(30(21)19-8-10-20(32-4)11-9-19)34-15-22(31)29-12-6-5-7-18(29)3/h8-11,13,18H,5-7,12,14-15H2,1-4H3/t18-/m1/s1. The maximum Gasteiger partial charge on any atom is 0.233 e. The van der Waals surface area contributed by atoms with Crippen LogP contribution in [0, 0.1) is 13.8 Å². The molecule has 1 saturated heterocycles. The van der Waals surface area contributed by atoms with Gasteiger partial charge in [0.2, 0.25) is 5.91 Å². The van der Waals surface area contributed by atoms with Gasteiger partial charge in [0.05, 0.1) is 18.6 Å². The maximum atomic E-state index is 12.9. The summed E-state index contributed by atoms with van der Waals surface area (Å²) in [5.74, 6) is 2.60. The molecular weight excluding hydrogens is 468 g/mol.